The van der Waals surface area contributed by atoms with Crippen molar-refractivity contribution in [3.05, 3.63) is 36.3 Å². The average Bonchev–Trinajstić information content (AvgIpc) is 3.01. The first kappa shape index (κ1) is 15.7. The van der Waals surface area contributed by atoms with E-state index in [4.69, 9.17) is 9.47 Å². The number of ether oxygens (including phenoxy) is 2. The Morgan fingerprint density at radius 1 is 1.41 bits per heavy atom. The van der Waals surface area contributed by atoms with Crippen LogP contribution in [0.4, 0.5) is 0 Å². The molecule has 0 fully saturated rings. The molecule has 0 bridgehead atoms. The monoisotopic (exact) mass is 300 g/mol. The molecule has 2 aromatic rings. The summed E-state index contributed by atoms with van der Waals surface area (Å²) in [4.78, 5) is 15.9. The second kappa shape index (κ2) is 7.33. The maximum atomic E-state index is 11.9. The summed E-state index contributed by atoms with van der Waals surface area (Å²) in [6.07, 6.45) is 3.70. The number of methoxy groups -OCH3 is 2. The van der Waals surface area contributed by atoms with Gasteiger partial charge < -0.3 is 9.47 Å². The number of carbonyl (C=O) groups excluding carboxylic acids is 1. The van der Waals surface area contributed by atoms with Gasteiger partial charge in [-0.25, -0.2) is 9.48 Å². The molecule has 2 heterocycles. The van der Waals surface area contributed by atoms with Gasteiger partial charge in [0.15, 0.2) is 0 Å². The number of esters is 1. The Kier molecular flexibility index (Phi) is 5.22. The van der Waals surface area contributed by atoms with Crippen molar-refractivity contribution in [1.82, 2.24) is 14.8 Å². The highest BCUT2D eigenvalue weighted by molar-refractivity contribution is 5.89. The highest BCUT2D eigenvalue weighted by Crippen LogP contribution is 2.22. The number of hydrogen-bond acceptors (Lipinski definition) is 6. The molecule has 0 aromatic carbocycles. The molecule has 1 unspecified atom stereocenters. The van der Waals surface area contributed by atoms with Crippen LogP contribution >= 0.6 is 0 Å². The minimum atomic E-state index is -0.607. The van der Waals surface area contributed by atoms with E-state index in [0.717, 1.165) is 5.56 Å². The molecule has 0 aliphatic carbocycles. The van der Waals surface area contributed by atoms with E-state index in [0.29, 0.717) is 18.7 Å². The van der Waals surface area contributed by atoms with Gasteiger partial charge in [-0.2, -0.15) is 10.4 Å². The largest absolute Gasteiger partial charge is 0.464 e. The minimum absolute atomic E-state index is 0.233. The van der Waals surface area contributed by atoms with Gasteiger partial charge in [0.25, 0.3) is 0 Å². The van der Waals surface area contributed by atoms with Crippen molar-refractivity contribution in [1.29, 1.82) is 5.26 Å². The van der Waals surface area contributed by atoms with Crippen LogP contribution < -0.4 is 0 Å². The zero-order valence-electron chi connectivity index (χ0n) is 12.4. The number of hydrogen-bond donors (Lipinski definition) is 0. The van der Waals surface area contributed by atoms with Crippen LogP contribution in [0.2, 0.25) is 0 Å². The van der Waals surface area contributed by atoms with Gasteiger partial charge in [0, 0.05) is 38.1 Å². The molecule has 0 spiro atoms. The van der Waals surface area contributed by atoms with Crippen molar-refractivity contribution in [3.8, 4) is 17.3 Å². The first-order valence-electron chi connectivity index (χ1n) is 6.68. The van der Waals surface area contributed by atoms with Crippen molar-refractivity contribution in [3.63, 3.8) is 0 Å². The molecule has 0 aliphatic rings. The Balaban J connectivity index is 2.45. The summed E-state index contributed by atoms with van der Waals surface area (Å²) in [6.45, 7) is 0.392. The number of aromatic nitrogens is 3. The van der Waals surface area contributed by atoms with E-state index < -0.39 is 12.0 Å². The van der Waals surface area contributed by atoms with Gasteiger partial charge in [-0.15, -0.1) is 0 Å². The lowest BCUT2D eigenvalue weighted by Crippen LogP contribution is -2.17. The lowest BCUT2D eigenvalue weighted by atomic mass is 10.2. The fourth-order valence-corrected chi connectivity index (χ4v) is 2.02. The summed E-state index contributed by atoms with van der Waals surface area (Å²) in [5, 5.41) is 13.7. The van der Waals surface area contributed by atoms with E-state index in [-0.39, 0.29) is 5.69 Å². The van der Waals surface area contributed by atoms with Gasteiger partial charge in [0.05, 0.1) is 18.9 Å². The highest BCUT2D eigenvalue weighted by Gasteiger charge is 2.22. The Morgan fingerprint density at radius 2 is 2.14 bits per heavy atom. The fraction of sp³-hybridized carbons (Fsp3) is 0.333. The lowest BCUT2D eigenvalue weighted by Gasteiger charge is -2.11. The Hall–Kier alpha value is -2.72. The normalized spacial score (nSPS) is 11.7. The molecule has 2 rings (SSSR count). The first-order valence-corrected chi connectivity index (χ1v) is 6.68. The van der Waals surface area contributed by atoms with Crippen LogP contribution in [-0.2, 0) is 9.47 Å². The molecule has 7 heteroatoms. The Bertz CT molecular complexity index is 676. The van der Waals surface area contributed by atoms with Gasteiger partial charge >= 0.3 is 5.97 Å². The van der Waals surface area contributed by atoms with E-state index >= 15 is 0 Å². The number of pyridine rings is 1. The molecule has 22 heavy (non-hydrogen) atoms. The molecule has 0 saturated heterocycles. The number of rotatable bonds is 6. The third kappa shape index (κ3) is 3.30. The SMILES string of the molecule is COCCC(C#N)n1nc(-c2ccncc2)cc1C(=O)OC. The summed E-state index contributed by atoms with van der Waals surface area (Å²) >= 11 is 0. The fourth-order valence-electron chi connectivity index (χ4n) is 2.02. The summed E-state index contributed by atoms with van der Waals surface area (Å²) in [7, 11) is 2.85. The van der Waals surface area contributed by atoms with Crippen LogP contribution in [0.15, 0.2) is 30.6 Å². The lowest BCUT2D eigenvalue weighted by molar-refractivity contribution is 0.0583. The predicted octanol–water partition coefficient (Wildman–Crippen LogP) is 1.83. The molecule has 0 radical (unpaired) electrons. The first-order chi connectivity index (χ1) is 10.7. The van der Waals surface area contributed by atoms with Gasteiger partial charge in [-0.3, -0.25) is 4.98 Å². The second-order valence-corrected chi connectivity index (χ2v) is 4.51. The zero-order chi connectivity index (χ0) is 15.9. The molecule has 7 nitrogen and oxygen atoms in total. The van der Waals surface area contributed by atoms with Crippen molar-refractivity contribution in [2.75, 3.05) is 20.8 Å². The van der Waals surface area contributed by atoms with Crippen molar-refractivity contribution < 1.29 is 14.3 Å². The summed E-state index contributed by atoms with van der Waals surface area (Å²) in [5.74, 6) is -0.537. The molecule has 0 aliphatic heterocycles. The van der Waals surface area contributed by atoms with E-state index in [1.54, 1.807) is 37.7 Å². The third-order valence-electron chi connectivity index (χ3n) is 3.15. The van der Waals surface area contributed by atoms with Gasteiger partial charge in [-0.05, 0) is 18.2 Å². The quantitative estimate of drug-likeness (QED) is 0.756. The van der Waals surface area contributed by atoms with Crippen molar-refractivity contribution in [2.45, 2.75) is 12.5 Å². The Morgan fingerprint density at radius 3 is 2.73 bits per heavy atom. The second-order valence-electron chi connectivity index (χ2n) is 4.51. The van der Waals surface area contributed by atoms with E-state index in [2.05, 4.69) is 16.2 Å². The minimum Gasteiger partial charge on any atom is -0.464 e. The van der Waals surface area contributed by atoms with Crippen molar-refractivity contribution in [2.24, 2.45) is 0 Å². The molecule has 0 amide bonds. The molecule has 114 valence electrons. The summed E-state index contributed by atoms with van der Waals surface area (Å²) in [6, 6.07) is 6.70. The number of nitrogens with zero attached hydrogens (tertiary/aromatic N) is 4. The van der Waals surface area contributed by atoms with Gasteiger partial charge in [0.2, 0.25) is 0 Å². The van der Waals surface area contributed by atoms with Crippen LogP contribution in [0, 0.1) is 11.3 Å². The third-order valence-corrected chi connectivity index (χ3v) is 3.15. The molecule has 0 N–H and O–H groups in total. The molecular weight excluding hydrogens is 284 g/mol. The molecule has 2 aromatic heterocycles. The van der Waals surface area contributed by atoms with Crippen LogP contribution in [0.5, 0.6) is 0 Å². The van der Waals surface area contributed by atoms with E-state index in [1.165, 1.54) is 11.8 Å². The smallest absolute Gasteiger partial charge is 0.356 e. The molecule has 0 saturated carbocycles. The maximum Gasteiger partial charge on any atom is 0.356 e. The highest BCUT2D eigenvalue weighted by atomic mass is 16.5. The van der Waals surface area contributed by atoms with Crippen molar-refractivity contribution >= 4 is 5.97 Å². The summed E-state index contributed by atoms with van der Waals surface area (Å²) < 4.78 is 11.2. The van der Waals surface area contributed by atoms with E-state index in [1.807, 2.05) is 0 Å². The summed E-state index contributed by atoms with van der Waals surface area (Å²) in [5.41, 5.74) is 1.62. The topological polar surface area (TPSA) is 90.0 Å². The van der Waals surface area contributed by atoms with E-state index in [9.17, 15) is 10.1 Å². The number of nitriles is 1. The average molecular weight is 300 g/mol. The number of carbonyl (C=O) groups is 1. The van der Waals surface area contributed by atoms with Crippen LogP contribution in [0.1, 0.15) is 23.0 Å². The maximum absolute atomic E-state index is 11.9. The zero-order valence-corrected chi connectivity index (χ0v) is 12.4. The van der Waals surface area contributed by atoms with Crippen LogP contribution in [0.3, 0.4) is 0 Å². The Labute approximate surface area is 128 Å². The van der Waals surface area contributed by atoms with Crippen LogP contribution in [0.25, 0.3) is 11.3 Å². The molecule has 1 atom stereocenters. The standard InChI is InChI=1S/C15H16N4O3/c1-21-8-5-12(10-16)19-14(15(20)22-2)9-13(18-19)11-3-6-17-7-4-11/h3-4,6-7,9,12H,5,8H2,1-2H3. The van der Waals surface area contributed by atoms with Gasteiger partial charge in [-0.1, -0.05) is 0 Å². The predicted molar refractivity (Wildman–Crippen MR) is 77.9 cm³/mol. The van der Waals surface area contributed by atoms with Crippen LogP contribution in [-0.4, -0.2) is 41.6 Å². The molecular formula is C15H16N4O3. The van der Waals surface area contributed by atoms with Gasteiger partial charge in [0.1, 0.15) is 11.7 Å².